The van der Waals surface area contributed by atoms with E-state index in [9.17, 15) is 10.3 Å². The zero-order chi connectivity index (χ0) is 21.1. The summed E-state index contributed by atoms with van der Waals surface area (Å²) in [6.45, 7) is 1.96. The quantitative estimate of drug-likeness (QED) is 0.271. The van der Waals surface area contributed by atoms with E-state index in [-0.39, 0.29) is 18.3 Å². The van der Waals surface area contributed by atoms with Gasteiger partial charge in [0, 0.05) is 42.5 Å². The van der Waals surface area contributed by atoms with Crippen molar-refractivity contribution in [1.82, 2.24) is 4.58 Å². The number of hydrogen-bond donors (Lipinski definition) is 4. The first kappa shape index (κ1) is 21.7. The number of hydrogen-bond acceptors (Lipinski definition) is 9. The van der Waals surface area contributed by atoms with Crippen LogP contribution < -0.4 is 15.5 Å². The van der Waals surface area contributed by atoms with E-state index >= 15 is 0 Å². The molecule has 3 atom stereocenters. The van der Waals surface area contributed by atoms with Crippen LogP contribution in [-0.2, 0) is 11.2 Å². The highest BCUT2D eigenvalue weighted by molar-refractivity contribution is 7.98. The Bertz CT molecular complexity index is 880. The number of benzene rings is 1. The van der Waals surface area contributed by atoms with Gasteiger partial charge in [-0.2, -0.15) is 0 Å². The van der Waals surface area contributed by atoms with Crippen molar-refractivity contribution in [2.75, 3.05) is 10.7 Å². The average molecular weight is 468 g/mol. The Morgan fingerprint density at radius 2 is 2.27 bits per heavy atom. The van der Waals surface area contributed by atoms with Gasteiger partial charge < -0.3 is 19.9 Å². The lowest BCUT2D eigenvalue weighted by atomic mass is 9.95. The highest BCUT2D eigenvalue weighted by Crippen LogP contribution is 2.37. The number of hydrazine groups is 1. The van der Waals surface area contributed by atoms with Crippen LogP contribution in [0.5, 0.6) is 5.75 Å². The van der Waals surface area contributed by atoms with E-state index < -0.39 is 0 Å². The first-order valence-corrected chi connectivity index (χ1v) is 12.0. The molecular formula is C20H25N3O4S3. The molecule has 1 aromatic carbocycles. The molecule has 0 saturated heterocycles. The summed E-state index contributed by atoms with van der Waals surface area (Å²) in [4.78, 5) is 0. The molecule has 4 rings (SSSR count). The maximum atomic E-state index is 10.5. The number of ether oxygens (including phenoxy) is 2. The minimum atomic E-state index is -0.322. The summed E-state index contributed by atoms with van der Waals surface area (Å²) in [7, 11) is 0. The van der Waals surface area contributed by atoms with Gasteiger partial charge in [0.25, 0.3) is 5.17 Å². The van der Waals surface area contributed by atoms with Crippen molar-refractivity contribution in [3.8, 4) is 5.75 Å². The number of anilines is 2. The second-order valence-electron chi connectivity index (χ2n) is 7.51. The van der Waals surface area contributed by atoms with Crippen LogP contribution in [0.15, 0.2) is 33.9 Å². The van der Waals surface area contributed by atoms with Crippen LogP contribution >= 0.6 is 35.5 Å². The molecule has 1 aliphatic heterocycles. The molecule has 0 amide bonds. The lowest BCUT2D eigenvalue weighted by molar-refractivity contribution is 0.0436. The standard InChI is InChI=1S/C20H25N3O4S3/c1-12-8-16-17(21-20(28)26-12)10-15(27-14-5-2-4-13(24)9-14)11-18(16)22-23(25)30-19-6-3-7-29-19/h3,6-7,10-14,22,24-25H,2,4-5,8-9H2,1H3,(H,21,28). The molecule has 4 N–H and O–H groups in total. The second-order valence-corrected chi connectivity index (χ2v) is 10.1. The van der Waals surface area contributed by atoms with Gasteiger partial charge >= 0.3 is 0 Å². The van der Waals surface area contributed by atoms with Crippen LogP contribution in [0, 0.1) is 0 Å². The monoisotopic (exact) mass is 467 g/mol. The molecule has 2 aliphatic rings. The zero-order valence-corrected chi connectivity index (χ0v) is 19.0. The fourth-order valence-corrected chi connectivity index (χ4v) is 5.47. The maximum Gasteiger partial charge on any atom is 0.261 e. The van der Waals surface area contributed by atoms with Gasteiger partial charge in [-0.25, -0.2) is 0 Å². The predicted octanol–water partition coefficient (Wildman–Crippen LogP) is 4.81. The van der Waals surface area contributed by atoms with Crippen molar-refractivity contribution in [3.63, 3.8) is 0 Å². The van der Waals surface area contributed by atoms with Crippen LogP contribution in [0.1, 0.15) is 38.2 Å². The molecule has 1 aliphatic carbocycles. The Morgan fingerprint density at radius 1 is 1.40 bits per heavy atom. The topological polar surface area (TPSA) is 86.2 Å². The Balaban J connectivity index is 1.60. The van der Waals surface area contributed by atoms with E-state index in [0.717, 1.165) is 39.3 Å². The molecule has 1 saturated carbocycles. The van der Waals surface area contributed by atoms with Crippen molar-refractivity contribution in [2.45, 2.75) is 61.5 Å². The van der Waals surface area contributed by atoms with Gasteiger partial charge in [0.1, 0.15) is 18.0 Å². The lowest BCUT2D eigenvalue weighted by Gasteiger charge is -2.27. The van der Waals surface area contributed by atoms with Gasteiger partial charge in [-0.1, -0.05) is 6.07 Å². The molecule has 30 heavy (non-hydrogen) atoms. The Kier molecular flexibility index (Phi) is 7.01. The number of nitrogens with zero attached hydrogens (tertiary/aromatic N) is 1. The Labute approximate surface area is 189 Å². The molecule has 2 heterocycles. The van der Waals surface area contributed by atoms with E-state index in [2.05, 4.69) is 10.7 Å². The molecule has 1 aromatic heterocycles. The number of nitrogens with one attached hydrogen (secondary N) is 2. The van der Waals surface area contributed by atoms with Crippen LogP contribution in [0.4, 0.5) is 11.4 Å². The second kappa shape index (κ2) is 9.71. The number of aliphatic hydroxyl groups is 1. The fraction of sp³-hybridized carbons (Fsp3) is 0.450. The van der Waals surface area contributed by atoms with E-state index in [1.807, 2.05) is 36.6 Å². The minimum Gasteiger partial charge on any atom is -0.490 e. The molecule has 10 heteroatoms. The Hall–Kier alpha value is -1.56. The van der Waals surface area contributed by atoms with Gasteiger partial charge in [-0.15, -0.1) is 11.3 Å². The fourth-order valence-electron chi connectivity index (χ4n) is 3.74. The normalized spacial score (nSPS) is 23.9. The number of fused-ring (bicyclic) bond motifs is 1. The van der Waals surface area contributed by atoms with E-state index in [4.69, 9.17) is 21.7 Å². The summed E-state index contributed by atoms with van der Waals surface area (Å²) in [5, 5.41) is 25.8. The summed E-state index contributed by atoms with van der Waals surface area (Å²) in [5.41, 5.74) is 5.49. The van der Waals surface area contributed by atoms with Gasteiger partial charge in [0.2, 0.25) is 0 Å². The third kappa shape index (κ3) is 5.57. The van der Waals surface area contributed by atoms with Crippen molar-refractivity contribution < 1.29 is 19.8 Å². The van der Waals surface area contributed by atoms with Crippen molar-refractivity contribution in [2.24, 2.45) is 0 Å². The zero-order valence-electron chi connectivity index (χ0n) is 16.5. The van der Waals surface area contributed by atoms with Crippen LogP contribution in [0.25, 0.3) is 0 Å². The highest BCUT2D eigenvalue weighted by atomic mass is 32.2. The molecule has 162 valence electrons. The molecule has 1 fully saturated rings. The molecule has 2 aromatic rings. The van der Waals surface area contributed by atoms with E-state index in [1.54, 1.807) is 11.3 Å². The van der Waals surface area contributed by atoms with Crippen LogP contribution in [0.2, 0.25) is 0 Å². The summed E-state index contributed by atoms with van der Waals surface area (Å²) < 4.78 is 13.8. The number of rotatable bonds is 6. The molecule has 3 unspecified atom stereocenters. The first-order chi connectivity index (χ1) is 14.5. The number of aliphatic hydroxyl groups excluding tert-OH is 1. The SMILES string of the molecule is CC1Cc2c(cc(OC3CCCC(O)C3)cc2NN(O)Sc2cccs2)NC(=S)O1. The molecule has 7 nitrogen and oxygen atoms in total. The smallest absolute Gasteiger partial charge is 0.261 e. The molecule has 0 spiro atoms. The van der Waals surface area contributed by atoms with Crippen molar-refractivity contribution in [3.05, 3.63) is 35.2 Å². The molecule has 0 bridgehead atoms. The predicted molar refractivity (Wildman–Crippen MR) is 123 cm³/mol. The van der Waals surface area contributed by atoms with E-state index in [1.165, 1.54) is 11.9 Å². The lowest BCUT2D eigenvalue weighted by Crippen LogP contribution is -2.28. The van der Waals surface area contributed by atoms with Gasteiger partial charge in [-0.05, 0) is 54.4 Å². The number of thiophene rings is 1. The first-order valence-electron chi connectivity index (χ1n) is 9.92. The number of thiocarbonyl (C=S) groups is 1. The Morgan fingerprint density at radius 3 is 3.03 bits per heavy atom. The molecule has 0 radical (unpaired) electrons. The summed E-state index contributed by atoms with van der Waals surface area (Å²) in [6.07, 6.45) is 3.43. The largest absolute Gasteiger partial charge is 0.490 e. The summed E-state index contributed by atoms with van der Waals surface area (Å²) in [6, 6.07) is 7.65. The van der Waals surface area contributed by atoms with Gasteiger partial charge in [0.15, 0.2) is 0 Å². The van der Waals surface area contributed by atoms with Crippen LogP contribution in [-0.4, -0.2) is 38.4 Å². The third-order valence-corrected chi connectivity index (χ3v) is 7.00. The summed E-state index contributed by atoms with van der Waals surface area (Å²) >= 11 is 8.02. The van der Waals surface area contributed by atoms with Crippen LogP contribution in [0.3, 0.4) is 0 Å². The van der Waals surface area contributed by atoms with E-state index in [0.29, 0.717) is 29.5 Å². The van der Waals surface area contributed by atoms with Gasteiger partial charge in [-0.3, -0.25) is 10.6 Å². The minimum absolute atomic E-state index is 0.0433. The van der Waals surface area contributed by atoms with Crippen molar-refractivity contribution >= 4 is 52.1 Å². The summed E-state index contributed by atoms with van der Waals surface area (Å²) in [5.74, 6) is 0.648. The third-order valence-electron chi connectivity index (χ3n) is 5.05. The maximum absolute atomic E-state index is 10.5. The van der Waals surface area contributed by atoms with Gasteiger partial charge in [0.05, 0.1) is 21.7 Å². The average Bonchev–Trinajstić information content (AvgIpc) is 3.11. The molecular weight excluding hydrogens is 442 g/mol. The van der Waals surface area contributed by atoms with Crippen molar-refractivity contribution in [1.29, 1.82) is 0 Å². The highest BCUT2D eigenvalue weighted by Gasteiger charge is 2.25.